The van der Waals surface area contributed by atoms with Gasteiger partial charge in [0.2, 0.25) is 0 Å². The number of aromatic nitrogens is 2. The SMILES string of the molecule is CCCC1(C)c2ccc(C3C(C)CC4CCCC3C4)cc2-c2cc(C(C)(C)C)nc[n+]2C1(C)CC. The van der Waals surface area contributed by atoms with Crippen LogP contribution in [0, 0.1) is 17.8 Å². The van der Waals surface area contributed by atoms with Gasteiger partial charge in [0.1, 0.15) is 11.2 Å². The lowest BCUT2D eigenvalue weighted by molar-refractivity contribution is -0.767. The van der Waals surface area contributed by atoms with Crippen LogP contribution in [0.3, 0.4) is 0 Å². The van der Waals surface area contributed by atoms with Crippen molar-refractivity contribution in [3.8, 4) is 11.3 Å². The van der Waals surface area contributed by atoms with E-state index in [9.17, 15) is 0 Å². The molecule has 0 radical (unpaired) electrons. The van der Waals surface area contributed by atoms with Crippen LogP contribution in [-0.2, 0) is 16.4 Å². The molecular formula is C33H49N2+. The van der Waals surface area contributed by atoms with Crippen LogP contribution in [0.1, 0.15) is 129 Å². The first-order valence-corrected chi connectivity index (χ1v) is 14.6. The van der Waals surface area contributed by atoms with E-state index in [-0.39, 0.29) is 16.4 Å². The van der Waals surface area contributed by atoms with Gasteiger partial charge in [0.15, 0.2) is 5.69 Å². The maximum atomic E-state index is 5.03. The van der Waals surface area contributed by atoms with E-state index in [0.29, 0.717) is 5.92 Å². The van der Waals surface area contributed by atoms with Crippen LogP contribution in [0.5, 0.6) is 0 Å². The van der Waals surface area contributed by atoms with E-state index in [4.69, 9.17) is 4.98 Å². The van der Waals surface area contributed by atoms with Crippen molar-refractivity contribution < 1.29 is 4.57 Å². The van der Waals surface area contributed by atoms with E-state index >= 15 is 0 Å². The quantitative estimate of drug-likeness (QED) is 0.407. The summed E-state index contributed by atoms with van der Waals surface area (Å²) >= 11 is 0. The Balaban J connectivity index is 1.72. The molecule has 0 saturated heterocycles. The first-order chi connectivity index (χ1) is 16.5. The van der Waals surface area contributed by atoms with E-state index in [1.165, 1.54) is 61.9 Å². The second kappa shape index (κ2) is 8.70. The van der Waals surface area contributed by atoms with E-state index in [1.807, 2.05) is 0 Å². The van der Waals surface area contributed by atoms with Crippen molar-refractivity contribution in [2.45, 2.75) is 129 Å². The Morgan fingerprint density at radius 2 is 1.83 bits per heavy atom. The summed E-state index contributed by atoms with van der Waals surface area (Å²) in [5, 5.41) is 0. The first kappa shape index (κ1) is 25.0. The molecule has 1 aromatic carbocycles. The Bertz CT molecular complexity index is 1090. The van der Waals surface area contributed by atoms with Gasteiger partial charge >= 0.3 is 0 Å². The van der Waals surface area contributed by atoms with Crippen molar-refractivity contribution in [1.29, 1.82) is 0 Å². The van der Waals surface area contributed by atoms with E-state index in [1.54, 1.807) is 11.1 Å². The zero-order chi connectivity index (χ0) is 25.2. The van der Waals surface area contributed by atoms with Gasteiger partial charge < -0.3 is 0 Å². The lowest BCUT2D eigenvalue weighted by Crippen LogP contribution is -2.68. The minimum Gasteiger partial charge on any atom is -0.224 e. The predicted molar refractivity (Wildman–Crippen MR) is 147 cm³/mol. The number of rotatable bonds is 4. The van der Waals surface area contributed by atoms with Crippen LogP contribution in [0.25, 0.3) is 11.3 Å². The number of benzene rings is 1. The second-order valence-corrected chi connectivity index (χ2v) is 13.8. The van der Waals surface area contributed by atoms with Crippen LogP contribution >= 0.6 is 0 Å². The molecule has 35 heavy (non-hydrogen) atoms. The molecular weight excluding hydrogens is 424 g/mol. The van der Waals surface area contributed by atoms with Crippen molar-refractivity contribution in [2.24, 2.45) is 17.8 Å². The minimum absolute atomic E-state index is 0.00496. The summed E-state index contributed by atoms with van der Waals surface area (Å²) < 4.78 is 2.56. The molecule has 1 aromatic heterocycles. The normalized spacial score (nSPS) is 34.3. The van der Waals surface area contributed by atoms with Crippen molar-refractivity contribution in [2.75, 3.05) is 0 Å². The van der Waals surface area contributed by atoms with Gasteiger partial charge in [0.05, 0.1) is 0 Å². The zero-order valence-electron chi connectivity index (χ0n) is 23.7. The van der Waals surface area contributed by atoms with Gasteiger partial charge in [-0.2, -0.15) is 0 Å². The Morgan fingerprint density at radius 3 is 2.51 bits per heavy atom. The topological polar surface area (TPSA) is 16.8 Å². The van der Waals surface area contributed by atoms with Gasteiger partial charge in [0.25, 0.3) is 6.33 Å². The molecule has 2 aliphatic carbocycles. The fourth-order valence-electron chi connectivity index (χ4n) is 8.52. The molecule has 5 rings (SSSR count). The summed E-state index contributed by atoms with van der Waals surface area (Å²) in [5.74, 6) is 3.36. The molecule has 0 amide bonds. The van der Waals surface area contributed by atoms with Crippen LogP contribution in [0.4, 0.5) is 0 Å². The first-order valence-electron chi connectivity index (χ1n) is 14.6. The Kier molecular flexibility index (Phi) is 6.21. The van der Waals surface area contributed by atoms with E-state index in [2.05, 4.69) is 90.5 Å². The lowest BCUT2D eigenvalue weighted by Gasteiger charge is -2.50. The van der Waals surface area contributed by atoms with Gasteiger partial charge in [0, 0.05) is 22.5 Å². The molecule has 1 aliphatic heterocycles. The summed E-state index contributed by atoms with van der Waals surface area (Å²) in [7, 11) is 0. The van der Waals surface area contributed by atoms with Crippen molar-refractivity contribution in [3.63, 3.8) is 0 Å². The maximum absolute atomic E-state index is 5.03. The summed E-state index contributed by atoms with van der Waals surface area (Å²) in [5.41, 5.74) is 7.33. The van der Waals surface area contributed by atoms with Gasteiger partial charge in [-0.15, -0.1) is 0 Å². The molecule has 2 heteroatoms. The van der Waals surface area contributed by atoms with Crippen molar-refractivity contribution >= 4 is 0 Å². The zero-order valence-corrected chi connectivity index (χ0v) is 23.7. The molecule has 0 N–H and O–H groups in total. The third kappa shape index (κ3) is 3.80. The molecule has 2 aromatic rings. The van der Waals surface area contributed by atoms with Gasteiger partial charge in [-0.25, -0.2) is 4.57 Å². The molecule has 6 atom stereocenters. The molecule has 2 bridgehead atoms. The molecule has 6 unspecified atom stereocenters. The third-order valence-electron chi connectivity index (χ3n) is 10.7. The van der Waals surface area contributed by atoms with Crippen LogP contribution < -0.4 is 4.57 Å². The smallest absolute Gasteiger partial charge is 0.224 e. The lowest BCUT2D eigenvalue weighted by atomic mass is 9.58. The molecule has 190 valence electrons. The standard InChI is InChI=1S/C33H49N2/c1-9-16-32(7)27-15-14-25(30-22(3)17-23-12-11-13-24(30)18-23)19-26(27)28-20-29(31(4,5)6)34-21-35(28)33(32,8)10-2/h14-15,19-24,30H,9-13,16-18H2,1-8H3/q+1. The highest BCUT2D eigenvalue weighted by Gasteiger charge is 2.54. The monoisotopic (exact) mass is 473 g/mol. The largest absolute Gasteiger partial charge is 0.287 e. The molecule has 2 nitrogen and oxygen atoms in total. The molecule has 0 spiro atoms. The molecule has 2 saturated carbocycles. The van der Waals surface area contributed by atoms with Gasteiger partial charge in [-0.1, -0.05) is 84.8 Å². The van der Waals surface area contributed by atoms with Crippen LogP contribution in [-0.4, -0.2) is 4.98 Å². The Morgan fingerprint density at radius 1 is 1.06 bits per heavy atom. The number of hydrogen-bond acceptors (Lipinski definition) is 1. The van der Waals surface area contributed by atoms with E-state index < -0.39 is 0 Å². The van der Waals surface area contributed by atoms with Gasteiger partial charge in [-0.05, 0) is 79.9 Å². The highest BCUT2D eigenvalue weighted by atomic mass is 15.1. The molecule has 3 aliphatic rings. The van der Waals surface area contributed by atoms with Crippen LogP contribution in [0.15, 0.2) is 30.6 Å². The summed E-state index contributed by atoms with van der Waals surface area (Å²) in [4.78, 5) is 5.03. The summed E-state index contributed by atoms with van der Waals surface area (Å²) in [6.45, 7) is 19.1. The fraction of sp³-hybridized carbons (Fsp3) is 0.697. The average Bonchev–Trinajstić information content (AvgIpc) is 2.82. The summed E-state index contributed by atoms with van der Waals surface area (Å²) in [6.07, 6.45) is 12.9. The average molecular weight is 474 g/mol. The second-order valence-electron chi connectivity index (χ2n) is 13.8. The minimum atomic E-state index is 0.00496. The Labute approximate surface area is 215 Å². The fourth-order valence-corrected chi connectivity index (χ4v) is 8.52. The van der Waals surface area contributed by atoms with Crippen molar-refractivity contribution in [3.05, 3.63) is 47.4 Å². The maximum Gasteiger partial charge on any atom is 0.287 e. The highest BCUT2D eigenvalue weighted by molar-refractivity contribution is 5.67. The van der Waals surface area contributed by atoms with E-state index in [0.717, 1.165) is 24.2 Å². The molecule has 2 heterocycles. The predicted octanol–water partition coefficient (Wildman–Crippen LogP) is 8.46. The van der Waals surface area contributed by atoms with Gasteiger partial charge in [-0.3, -0.25) is 0 Å². The number of nitrogens with zero attached hydrogens (tertiary/aromatic N) is 2. The third-order valence-corrected chi connectivity index (χ3v) is 10.7. The number of fused-ring (bicyclic) bond motifs is 5. The highest BCUT2D eigenvalue weighted by Crippen LogP contribution is 2.54. The number of hydrogen-bond donors (Lipinski definition) is 0. The van der Waals surface area contributed by atoms with Crippen molar-refractivity contribution in [1.82, 2.24) is 4.98 Å². The molecule has 2 fully saturated rings. The summed E-state index contributed by atoms with van der Waals surface area (Å²) in [6, 6.07) is 10.1. The Hall–Kier alpha value is -1.70. The van der Waals surface area contributed by atoms with Crippen LogP contribution in [0.2, 0.25) is 0 Å².